The van der Waals surface area contributed by atoms with Crippen molar-refractivity contribution in [2.45, 2.75) is 26.2 Å². The number of anilines is 1. The monoisotopic (exact) mass is 232 g/mol. The molecule has 0 amide bonds. The van der Waals surface area contributed by atoms with Crippen LogP contribution in [0.2, 0.25) is 0 Å². The van der Waals surface area contributed by atoms with Crippen molar-refractivity contribution in [3.8, 4) is 5.69 Å². The summed E-state index contributed by atoms with van der Waals surface area (Å²) in [5.74, 6) is 0.464. The summed E-state index contributed by atoms with van der Waals surface area (Å²) in [6, 6.07) is 5.23. The Bertz CT molecular complexity index is 589. The summed E-state index contributed by atoms with van der Waals surface area (Å²) in [6.45, 7) is 6.15. The van der Waals surface area contributed by atoms with Crippen LogP contribution in [-0.2, 0) is 5.41 Å². The normalized spacial score (nSPS) is 11.7. The maximum absolute atomic E-state index is 11.7. The van der Waals surface area contributed by atoms with Crippen LogP contribution in [0.5, 0.6) is 0 Å². The lowest BCUT2D eigenvalue weighted by Gasteiger charge is -2.13. The smallest absolute Gasteiger partial charge is 0.273 e. The topological polar surface area (TPSA) is 76.7 Å². The van der Waals surface area contributed by atoms with Crippen LogP contribution >= 0.6 is 0 Å². The van der Waals surface area contributed by atoms with Crippen LogP contribution in [0.1, 0.15) is 26.5 Å². The zero-order valence-corrected chi connectivity index (χ0v) is 10.2. The molecule has 0 bridgehead atoms. The maximum atomic E-state index is 11.7. The Balaban J connectivity index is 2.59. The van der Waals surface area contributed by atoms with E-state index in [4.69, 9.17) is 5.73 Å². The number of pyridine rings is 1. The molecule has 17 heavy (non-hydrogen) atoms. The van der Waals surface area contributed by atoms with Gasteiger partial charge in [-0.1, -0.05) is 20.8 Å². The molecule has 0 spiro atoms. The molecule has 2 aromatic rings. The van der Waals surface area contributed by atoms with E-state index in [2.05, 4.69) is 10.1 Å². The van der Waals surface area contributed by atoms with Crippen molar-refractivity contribution >= 4 is 5.82 Å². The Hall–Kier alpha value is -2.04. The van der Waals surface area contributed by atoms with Crippen LogP contribution < -0.4 is 11.3 Å². The van der Waals surface area contributed by atoms with Gasteiger partial charge in [-0.3, -0.25) is 4.79 Å². The molecule has 3 N–H and O–H groups in total. The minimum atomic E-state index is -0.206. The van der Waals surface area contributed by atoms with Gasteiger partial charge in [0.05, 0.1) is 5.69 Å². The highest BCUT2D eigenvalue weighted by Gasteiger charge is 2.20. The minimum absolute atomic E-state index is 0.0963. The van der Waals surface area contributed by atoms with Crippen LogP contribution in [0.15, 0.2) is 29.2 Å². The second kappa shape index (κ2) is 3.76. The Kier molecular flexibility index (Phi) is 2.53. The second-order valence-corrected chi connectivity index (χ2v) is 5.00. The van der Waals surface area contributed by atoms with Gasteiger partial charge in [0.15, 0.2) is 0 Å². The fourth-order valence-corrected chi connectivity index (χ4v) is 1.53. The van der Waals surface area contributed by atoms with Crippen molar-refractivity contribution in [3.63, 3.8) is 0 Å². The molecule has 0 aliphatic carbocycles. The van der Waals surface area contributed by atoms with E-state index in [0.717, 1.165) is 5.69 Å². The summed E-state index contributed by atoms with van der Waals surface area (Å²) in [7, 11) is 0. The predicted molar refractivity (Wildman–Crippen MR) is 67.3 cm³/mol. The molecule has 90 valence electrons. The molecule has 0 atom stereocenters. The first-order valence-electron chi connectivity index (χ1n) is 5.43. The third-order valence-corrected chi connectivity index (χ3v) is 2.53. The third-order valence-electron chi connectivity index (χ3n) is 2.53. The van der Waals surface area contributed by atoms with Gasteiger partial charge in [-0.05, 0) is 12.1 Å². The third kappa shape index (κ3) is 2.08. The highest BCUT2D eigenvalue weighted by Crippen LogP contribution is 2.23. The van der Waals surface area contributed by atoms with E-state index in [1.54, 1.807) is 24.4 Å². The Morgan fingerprint density at radius 2 is 2.12 bits per heavy atom. The molecule has 5 nitrogen and oxygen atoms in total. The van der Waals surface area contributed by atoms with Crippen LogP contribution in [0.25, 0.3) is 5.69 Å². The molecule has 0 aromatic carbocycles. The summed E-state index contributed by atoms with van der Waals surface area (Å²) < 4.78 is 1.47. The fraction of sp³-hybridized carbons (Fsp3) is 0.333. The number of nitrogens with one attached hydrogen (secondary N) is 1. The molecule has 0 radical (unpaired) electrons. The number of aromatic amines is 1. The van der Waals surface area contributed by atoms with Gasteiger partial charge < -0.3 is 10.7 Å². The lowest BCUT2D eigenvalue weighted by molar-refractivity contribution is 0.560. The lowest BCUT2D eigenvalue weighted by Crippen LogP contribution is -2.17. The molecule has 0 saturated heterocycles. The molecule has 0 fully saturated rings. The molecular weight excluding hydrogens is 216 g/mol. The first-order valence-corrected chi connectivity index (χ1v) is 5.43. The molecule has 0 aliphatic heterocycles. The van der Waals surface area contributed by atoms with E-state index in [0.29, 0.717) is 11.5 Å². The van der Waals surface area contributed by atoms with Gasteiger partial charge in [-0.15, -0.1) is 0 Å². The van der Waals surface area contributed by atoms with Crippen molar-refractivity contribution in [1.82, 2.24) is 14.8 Å². The van der Waals surface area contributed by atoms with Gasteiger partial charge in [0, 0.05) is 17.7 Å². The summed E-state index contributed by atoms with van der Waals surface area (Å²) in [4.78, 5) is 14.3. The number of rotatable bonds is 1. The number of nitrogens with zero attached hydrogens (tertiary/aromatic N) is 2. The quantitative estimate of drug-likeness (QED) is 0.781. The second-order valence-electron chi connectivity index (χ2n) is 5.00. The van der Waals surface area contributed by atoms with Gasteiger partial charge in [0.1, 0.15) is 11.5 Å². The van der Waals surface area contributed by atoms with Crippen molar-refractivity contribution in [1.29, 1.82) is 0 Å². The standard InChI is InChI=1S/C12H16N4O/c1-12(2,3)9-7-10(13)16(15-9)8-5-4-6-14-11(8)17/h4-7H,13H2,1-3H3,(H,14,17). The summed E-state index contributed by atoms with van der Waals surface area (Å²) in [6.07, 6.45) is 1.58. The SMILES string of the molecule is CC(C)(C)c1cc(N)n(-c2ccc[nH]c2=O)n1. The number of aromatic nitrogens is 3. The summed E-state index contributed by atoms with van der Waals surface area (Å²) in [5.41, 5.74) is 6.88. The molecule has 2 heterocycles. The number of hydrogen-bond donors (Lipinski definition) is 2. The average molecular weight is 232 g/mol. The van der Waals surface area contributed by atoms with Gasteiger partial charge in [0.2, 0.25) is 0 Å². The Morgan fingerprint density at radius 1 is 1.41 bits per heavy atom. The van der Waals surface area contributed by atoms with Crippen molar-refractivity contribution in [3.05, 3.63) is 40.4 Å². The fourth-order valence-electron chi connectivity index (χ4n) is 1.53. The van der Waals surface area contributed by atoms with Crippen molar-refractivity contribution in [2.75, 3.05) is 5.73 Å². The van der Waals surface area contributed by atoms with Crippen molar-refractivity contribution < 1.29 is 0 Å². The van der Waals surface area contributed by atoms with Crippen LogP contribution in [0, 0.1) is 0 Å². The zero-order valence-electron chi connectivity index (χ0n) is 10.2. The number of nitrogen functional groups attached to an aromatic ring is 1. The lowest BCUT2D eigenvalue weighted by atomic mass is 9.92. The van der Waals surface area contributed by atoms with E-state index in [1.165, 1.54) is 4.68 Å². The van der Waals surface area contributed by atoms with Gasteiger partial charge in [-0.25, -0.2) is 4.68 Å². The summed E-state index contributed by atoms with van der Waals surface area (Å²) >= 11 is 0. The highest BCUT2D eigenvalue weighted by molar-refractivity contribution is 5.42. The Labute approximate surface area is 99.3 Å². The van der Waals surface area contributed by atoms with E-state index < -0.39 is 0 Å². The van der Waals surface area contributed by atoms with Crippen molar-refractivity contribution in [2.24, 2.45) is 0 Å². The van der Waals surface area contributed by atoms with Crippen LogP contribution in [0.3, 0.4) is 0 Å². The van der Waals surface area contributed by atoms with E-state index >= 15 is 0 Å². The molecule has 2 rings (SSSR count). The molecule has 0 aliphatic rings. The predicted octanol–water partition coefficient (Wildman–Crippen LogP) is 1.44. The molecular formula is C12H16N4O. The average Bonchev–Trinajstić information content (AvgIpc) is 2.61. The van der Waals surface area contributed by atoms with E-state index in [-0.39, 0.29) is 11.0 Å². The molecule has 0 unspecified atom stereocenters. The molecule has 5 heteroatoms. The zero-order chi connectivity index (χ0) is 12.6. The molecule has 0 saturated carbocycles. The van der Waals surface area contributed by atoms with E-state index in [1.807, 2.05) is 20.8 Å². The molecule has 2 aromatic heterocycles. The first kappa shape index (κ1) is 11.4. The maximum Gasteiger partial charge on any atom is 0.273 e. The van der Waals surface area contributed by atoms with E-state index in [9.17, 15) is 4.79 Å². The van der Waals surface area contributed by atoms with Crippen LogP contribution in [-0.4, -0.2) is 14.8 Å². The summed E-state index contributed by atoms with van der Waals surface area (Å²) in [5, 5.41) is 4.38. The Morgan fingerprint density at radius 3 is 2.65 bits per heavy atom. The number of H-pyrrole nitrogens is 1. The minimum Gasteiger partial charge on any atom is -0.384 e. The van der Waals surface area contributed by atoms with Gasteiger partial charge in [-0.2, -0.15) is 5.10 Å². The van der Waals surface area contributed by atoms with Crippen LogP contribution in [0.4, 0.5) is 5.82 Å². The first-order chi connectivity index (χ1) is 7.89. The van der Waals surface area contributed by atoms with Gasteiger partial charge in [0.25, 0.3) is 5.56 Å². The largest absolute Gasteiger partial charge is 0.384 e. The highest BCUT2D eigenvalue weighted by atomic mass is 16.1. The van der Waals surface area contributed by atoms with Gasteiger partial charge >= 0.3 is 0 Å². The number of hydrogen-bond acceptors (Lipinski definition) is 3. The number of nitrogens with two attached hydrogens (primary N) is 1.